The zero-order chi connectivity index (χ0) is 8.97. The number of ether oxygens (including phenoxy) is 1. The smallest absolute Gasteiger partial charge is 0.310 e. The van der Waals surface area contributed by atoms with Crippen molar-refractivity contribution >= 4 is 17.6 Å². The summed E-state index contributed by atoms with van der Waals surface area (Å²) < 4.78 is 4.73. The molecule has 0 aliphatic heterocycles. The molecule has 0 saturated carbocycles. The summed E-state index contributed by atoms with van der Waals surface area (Å²) in [5.41, 5.74) is 0.662. The van der Waals surface area contributed by atoms with Crippen LogP contribution in [0.2, 0.25) is 5.15 Å². The number of hydrogen-bond acceptors (Lipinski definition) is 3. The van der Waals surface area contributed by atoms with Gasteiger partial charge in [-0.15, -0.1) is 0 Å². The molecule has 12 heavy (non-hydrogen) atoms. The van der Waals surface area contributed by atoms with Gasteiger partial charge in [-0.3, -0.25) is 9.89 Å². The lowest BCUT2D eigenvalue weighted by molar-refractivity contribution is -0.142. The van der Waals surface area contributed by atoms with Gasteiger partial charge in [0.2, 0.25) is 0 Å². The molecule has 0 aromatic carbocycles. The summed E-state index contributed by atoms with van der Waals surface area (Å²) in [5.74, 6) is -0.291. The maximum atomic E-state index is 10.9. The van der Waals surface area contributed by atoms with Crippen LogP contribution >= 0.6 is 11.6 Å². The van der Waals surface area contributed by atoms with Crippen molar-refractivity contribution in [2.45, 2.75) is 13.3 Å². The minimum Gasteiger partial charge on any atom is -0.466 e. The van der Waals surface area contributed by atoms with E-state index in [0.29, 0.717) is 17.3 Å². The molecule has 0 fully saturated rings. The van der Waals surface area contributed by atoms with Crippen LogP contribution < -0.4 is 0 Å². The molecule has 0 amide bonds. The number of carbonyl (C=O) groups excluding carboxylic acids is 1. The van der Waals surface area contributed by atoms with E-state index in [-0.39, 0.29) is 12.4 Å². The number of nitrogens with one attached hydrogen (secondary N) is 1. The van der Waals surface area contributed by atoms with Crippen molar-refractivity contribution < 1.29 is 9.53 Å². The predicted molar refractivity (Wildman–Crippen MR) is 43.9 cm³/mol. The van der Waals surface area contributed by atoms with Crippen LogP contribution in [0.25, 0.3) is 0 Å². The number of aromatic amines is 1. The fraction of sp³-hybridized carbons (Fsp3) is 0.429. The van der Waals surface area contributed by atoms with Gasteiger partial charge in [-0.25, -0.2) is 0 Å². The molecule has 1 N–H and O–H groups in total. The number of H-pyrrole nitrogens is 1. The van der Waals surface area contributed by atoms with Crippen LogP contribution in [-0.2, 0) is 16.0 Å². The molecule has 0 saturated heterocycles. The minimum absolute atomic E-state index is 0.170. The lowest BCUT2D eigenvalue weighted by Crippen LogP contribution is -2.07. The summed E-state index contributed by atoms with van der Waals surface area (Å²) in [6, 6.07) is 0. The van der Waals surface area contributed by atoms with Crippen LogP contribution in [0.1, 0.15) is 12.5 Å². The lowest BCUT2D eigenvalue weighted by Gasteiger charge is -1.98. The molecule has 1 heterocycles. The molecule has 0 atom stereocenters. The number of rotatable bonds is 3. The highest BCUT2D eigenvalue weighted by Crippen LogP contribution is 2.11. The first-order valence-electron chi connectivity index (χ1n) is 3.57. The van der Waals surface area contributed by atoms with E-state index in [9.17, 15) is 4.79 Å². The van der Waals surface area contributed by atoms with Crippen molar-refractivity contribution in [1.82, 2.24) is 10.2 Å². The topological polar surface area (TPSA) is 55.0 Å². The van der Waals surface area contributed by atoms with Gasteiger partial charge in [-0.1, -0.05) is 11.6 Å². The van der Waals surface area contributed by atoms with Crippen LogP contribution in [0.5, 0.6) is 0 Å². The second kappa shape index (κ2) is 4.11. The van der Waals surface area contributed by atoms with Crippen LogP contribution in [0, 0.1) is 0 Å². The Morgan fingerprint density at radius 3 is 3.08 bits per heavy atom. The Morgan fingerprint density at radius 2 is 2.58 bits per heavy atom. The van der Waals surface area contributed by atoms with Crippen LogP contribution in [0.15, 0.2) is 6.20 Å². The molecule has 66 valence electrons. The molecule has 4 nitrogen and oxygen atoms in total. The Balaban J connectivity index is 2.52. The second-order valence-electron chi connectivity index (χ2n) is 2.19. The van der Waals surface area contributed by atoms with E-state index in [4.69, 9.17) is 16.3 Å². The highest BCUT2D eigenvalue weighted by Gasteiger charge is 2.08. The molecule has 0 spiro atoms. The number of nitrogens with zero attached hydrogens (tertiary/aromatic N) is 1. The third-order valence-corrected chi connectivity index (χ3v) is 1.63. The molecule has 0 radical (unpaired) electrons. The van der Waals surface area contributed by atoms with Gasteiger partial charge in [0, 0.05) is 5.56 Å². The van der Waals surface area contributed by atoms with Crippen LogP contribution in [-0.4, -0.2) is 22.8 Å². The number of esters is 1. The van der Waals surface area contributed by atoms with Crippen molar-refractivity contribution in [1.29, 1.82) is 0 Å². The fourth-order valence-corrected chi connectivity index (χ4v) is 0.951. The molecule has 0 aliphatic carbocycles. The maximum Gasteiger partial charge on any atom is 0.310 e. The molecular weight excluding hydrogens is 180 g/mol. The zero-order valence-corrected chi connectivity index (χ0v) is 7.39. The van der Waals surface area contributed by atoms with Crippen molar-refractivity contribution in [3.63, 3.8) is 0 Å². The fourth-order valence-electron chi connectivity index (χ4n) is 0.786. The van der Waals surface area contributed by atoms with Gasteiger partial charge in [-0.2, -0.15) is 5.10 Å². The third-order valence-electron chi connectivity index (χ3n) is 1.31. The number of halogens is 1. The third kappa shape index (κ3) is 2.23. The van der Waals surface area contributed by atoms with E-state index >= 15 is 0 Å². The summed E-state index contributed by atoms with van der Waals surface area (Å²) in [5, 5.41) is 6.59. The first kappa shape index (κ1) is 9.06. The number of carbonyl (C=O) groups is 1. The summed E-state index contributed by atoms with van der Waals surface area (Å²) in [7, 11) is 0. The van der Waals surface area contributed by atoms with E-state index in [1.54, 1.807) is 6.92 Å². The largest absolute Gasteiger partial charge is 0.466 e. The molecule has 0 bridgehead atoms. The van der Waals surface area contributed by atoms with Gasteiger partial charge < -0.3 is 4.74 Å². The first-order valence-corrected chi connectivity index (χ1v) is 3.95. The van der Waals surface area contributed by atoms with E-state index in [0.717, 1.165) is 0 Å². The van der Waals surface area contributed by atoms with Crippen molar-refractivity contribution in [2.24, 2.45) is 0 Å². The monoisotopic (exact) mass is 188 g/mol. The Morgan fingerprint density at radius 1 is 1.83 bits per heavy atom. The summed E-state index contributed by atoms with van der Waals surface area (Å²) in [6.07, 6.45) is 1.68. The quantitative estimate of drug-likeness (QED) is 0.725. The zero-order valence-electron chi connectivity index (χ0n) is 6.63. The second-order valence-corrected chi connectivity index (χ2v) is 2.57. The number of aromatic nitrogens is 2. The molecule has 1 aromatic rings. The van der Waals surface area contributed by atoms with Gasteiger partial charge in [0.25, 0.3) is 0 Å². The average molecular weight is 189 g/mol. The van der Waals surface area contributed by atoms with E-state index in [1.165, 1.54) is 6.20 Å². The van der Waals surface area contributed by atoms with E-state index < -0.39 is 0 Å². The van der Waals surface area contributed by atoms with Gasteiger partial charge in [0.1, 0.15) is 5.15 Å². The number of hydrogen-bond donors (Lipinski definition) is 1. The Bertz CT molecular complexity index is 272. The molecular formula is C7H9ClN2O2. The highest BCUT2D eigenvalue weighted by molar-refractivity contribution is 6.30. The van der Waals surface area contributed by atoms with Crippen LogP contribution in [0.3, 0.4) is 0 Å². The van der Waals surface area contributed by atoms with Gasteiger partial charge >= 0.3 is 5.97 Å². The van der Waals surface area contributed by atoms with Crippen LogP contribution in [0.4, 0.5) is 0 Å². The van der Waals surface area contributed by atoms with Gasteiger partial charge in [-0.05, 0) is 6.92 Å². The summed E-state index contributed by atoms with van der Waals surface area (Å²) in [4.78, 5) is 10.9. The SMILES string of the molecule is CCOC(=O)Cc1cn[nH]c1Cl. The van der Waals surface area contributed by atoms with Gasteiger partial charge in [0.15, 0.2) is 0 Å². The lowest BCUT2D eigenvalue weighted by atomic mass is 10.3. The first-order chi connectivity index (χ1) is 5.74. The maximum absolute atomic E-state index is 10.9. The minimum atomic E-state index is -0.291. The molecule has 1 rings (SSSR count). The standard InChI is InChI=1S/C7H9ClN2O2/c1-2-12-6(11)3-5-4-9-10-7(5)8/h4H,2-3H2,1H3,(H,9,10). The predicted octanol–water partition coefficient (Wildman–Crippen LogP) is 1.17. The molecule has 0 unspecified atom stereocenters. The van der Waals surface area contributed by atoms with Gasteiger partial charge in [0.05, 0.1) is 19.2 Å². The summed E-state index contributed by atoms with van der Waals surface area (Å²) >= 11 is 5.66. The summed E-state index contributed by atoms with van der Waals surface area (Å²) in [6.45, 7) is 2.14. The molecule has 5 heteroatoms. The van der Waals surface area contributed by atoms with Crippen molar-refractivity contribution in [3.05, 3.63) is 16.9 Å². The Kier molecular flexibility index (Phi) is 3.10. The Hall–Kier alpha value is -1.03. The van der Waals surface area contributed by atoms with E-state index in [1.807, 2.05) is 0 Å². The normalized spacial score (nSPS) is 9.83. The molecule has 0 aliphatic rings. The average Bonchev–Trinajstić information content (AvgIpc) is 2.37. The highest BCUT2D eigenvalue weighted by atomic mass is 35.5. The molecule has 1 aromatic heterocycles. The Labute approximate surface area is 74.9 Å². The van der Waals surface area contributed by atoms with Crippen molar-refractivity contribution in [3.8, 4) is 0 Å². The van der Waals surface area contributed by atoms with E-state index in [2.05, 4.69) is 10.2 Å². The van der Waals surface area contributed by atoms with Crippen molar-refractivity contribution in [2.75, 3.05) is 6.61 Å².